The normalized spacial score (nSPS) is 27.9. The Bertz CT molecular complexity index is 2460. The molecule has 0 saturated carbocycles. The molecule has 9 rings (SSSR count). The van der Waals surface area contributed by atoms with Gasteiger partial charge in [-0.3, -0.25) is 13.9 Å². The molecule has 0 spiro atoms. The molecule has 4 fully saturated rings. The molecule has 0 bridgehead atoms. The Balaban J connectivity index is 1.00. The van der Waals surface area contributed by atoms with E-state index < -0.39 is 69.0 Å². The number of aromatic nitrogens is 8. The van der Waals surface area contributed by atoms with E-state index in [9.17, 15) is 4.79 Å². The minimum Gasteiger partial charge on any atom is -0.414 e. The molecule has 4 aromatic heterocycles. The summed E-state index contributed by atoms with van der Waals surface area (Å²) >= 11 is 0. The smallest absolute Gasteiger partial charge is 0.256 e. The van der Waals surface area contributed by atoms with Crippen LogP contribution in [-0.4, -0.2) is 108 Å². The molecule has 1 amide bonds. The van der Waals surface area contributed by atoms with E-state index in [2.05, 4.69) is 62.8 Å². The molecule has 4 saturated heterocycles. The summed E-state index contributed by atoms with van der Waals surface area (Å²) in [7, 11) is -1.93. The number of anilines is 2. The second-order valence-electron chi connectivity index (χ2n) is 16.4. The average molecular weight is 839 g/mol. The Morgan fingerprint density at radius 1 is 0.817 bits per heavy atom. The number of hydrogen-bond acceptors (Lipinski definition) is 15. The summed E-state index contributed by atoms with van der Waals surface area (Å²) in [5, 5.41) is 2.86. The second kappa shape index (κ2) is 15.5. The molecule has 1 aromatic carbocycles. The van der Waals surface area contributed by atoms with Gasteiger partial charge in [0.15, 0.2) is 72.1 Å². The van der Waals surface area contributed by atoms with Gasteiger partial charge in [0.25, 0.3) is 5.91 Å². The summed E-state index contributed by atoms with van der Waals surface area (Å²) in [4.78, 5) is 40.1. The molecule has 5 aromatic rings. The van der Waals surface area contributed by atoms with Crippen LogP contribution in [0.3, 0.4) is 0 Å². The number of amides is 1. The van der Waals surface area contributed by atoms with Crippen LogP contribution in [0.25, 0.3) is 22.3 Å². The molecule has 8 atom stereocenters. The van der Waals surface area contributed by atoms with Crippen LogP contribution in [0.5, 0.6) is 0 Å². The van der Waals surface area contributed by atoms with E-state index in [4.69, 9.17) is 43.6 Å². The standard InChI is InChI=1S/C41H50N10O8Si/c1-8-60(9-2,10-3)53-19-25-30-32(59-41(6,7)57-30)39(55-25)51-26(48-27-33(42)43-20-46-36(27)51)18-14-17-24-29-31(58-40(4,5)56-29)38(54-24)50-22-47-28-34(44-21-45-35(28)50)49-37(52)23-15-12-11-13-16-23/h11-13,15-16,20-22,24-25,29-32,38-39H,8-10,17,19H2,1-7H3,(H2,42,43,46)(H,44,45,49,52)/t24-,25-,29-,30-,31-,32-,38-,39-/m1/s1. The van der Waals surface area contributed by atoms with Gasteiger partial charge in [-0.2, -0.15) is 0 Å². The van der Waals surface area contributed by atoms with Crippen LogP contribution in [0.1, 0.15) is 83.5 Å². The lowest BCUT2D eigenvalue weighted by molar-refractivity contribution is -0.199. The van der Waals surface area contributed by atoms with Gasteiger partial charge in [-0.1, -0.05) is 44.9 Å². The predicted molar refractivity (Wildman–Crippen MR) is 220 cm³/mol. The Labute approximate surface area is 348 Å². The van der Waals surface area contributed by atoms with E-state index in [-0.39, 0.29) is 24.0 Å². The Kier molecular flexibility index (Phi) is 10.5. The van der Waals surface area contributed by atoms with E-state index in [0.717, 1.165) is 18.1 Å². The van der Waals surface area contributed by atoms with E-state index in [1.165, 1.54) is 12.7 Å². The fraction of sp³-hybridized carbons (Fsp3) is 0.537. The maximum Gasteiger partial charge on any atom is 0.256 e. The number of nitrogen functional groups attached to an aromatic ring is 1. The molecular formula is C41H50N10O8Si. The number of fused-ring (bicyclic) bond motifs is 4. The highest BCUT2D eigenvalue weighted by Crippen LogP contribution is 2.46. The van der Waals surface area contributed by atoms with Crippen molar-refractivity contribution in [2.45, 2.75) is 134 Å². The van der Waals surface area contributed by atoms with Crippen molar-refractivity contribution in [2.24, 2.45) is 0 Å². The molecule has 4 aliphatic heterocycles. The third-order valence-corrected chi connectivity index (χ3v) is 16.5. The zero-order chi connectivity index (χ0) is 42.0. The van der Waals surface area contributed by atoms with Crippen molar-refractivity contribution in [3.63, 3.8) is 0 Å². The van der Waals surface area contributed by atoms with Gasteiger partial charge >= 0.3 is 0 Å². The minimum atomic E-state index is -1.93. The van der Waals surface area contributed by atoms with Gasteiger partial charge in [-0.15, -0.1) is 0 Å². The van der Waals surface area contributed by atoms with Gasteiger partial charge in [0.2, 0.25) is 0 Å². The van der Waals surface area contributed by atoms with Crippen molar-refractivity contribution < 1.29 is 37.6 Å². The molecule has 3 N–H and O–H groups in total. The van der Waals surface area contributed by atoms with Crippen molar-refractivity contribution in [2.75, 3.05) is 17.7 Å². The summed E-state index contributed by atoms with van der Waals surface area (Å²) in [5.74, 6) is 5.37. The summed E-state index contributed by atoms with van der Waals surface area (Å²) in [6, 6.07) is 11.9. The van der Waals surface area contributed by atoms with Crippen LogP contribution < -0.4 is 11.1 Å². The lowest BCUT2D eigenvalue weighted by atomic mass is 10.1. The Hall–Kier alpha value is -4.91. The fourth-order valence-corrected chi connectivity index (χ4v) is 11.4. The maximum absolute atomic E-state index is 13.0. The van der Waals surface area contributed by atoms with E-state index in [0.29, 0.717) is 40.3 Å². The average Bonchev–Trinajstić information content (AvgIpc) is 4.08. The number of imidazole rings is 2. The number of nitrogens with one attached hydrogen (secondary N) is 1. The molecular weight excluding hydrogens is 789 g/mol. The topological polar surface area (TPSA) is 207 Å². The van der Waals surface area contributed by atoms with Crippen LogP contribution in [0.2, 0.25) is 18.1 Å². The Morgan fingerprint density at radius 2 is 1.45 bits per heavy atom. The number of nitrogens with zero attached hydrogens (tertiary/aromatic N) is 8. The van der Waals surface area contributed by atoms with Crippen molar-refractivity contribution in [3.05, 3.63) is 60.7 Å². The first-order chi connectivity index (χ1) is 28.8. The molecule has 18 nitrogen and oxygen atoms in total. The molecule has 0 unspecified atom stereocenters. The van der Waals surface area contributed by atoms with Crippen LogP contribution in [0.15, 0.2) is 49.3 Å². The number of carbonyl (C=O) groups is 1. The number of ether oxygens (including phenoxy) is 6. The van der Waals surface area contributed by atoms with E-state index in [1.54, 1.807) is 35.2 Å². The molecule has 60 heavy (non-hydrogen) atoms. The second-order valence-corrected chi connectivity index (χ2v) is 21.2. The molecule has 0 aliphatic carbocycles. The highest BCUT2D eigenvalue weighted by molar-refractivity contribution is 6.73. The Morgan fingerprint density at radius 3 is 2.17 bits per heavy atom. The van der Waals surface area contributed by atoms with Crippen LogP contribution in [0, 0.1) is 11.8 Å². The van der Waals surface area contributed by atoms with Gasteiger partial charge in [0.1, 0.15) is 49.3 Å². The number of carbonyl (C=O) groups excluding carboxylic acids is 1. The third kappa shape index (κ3) is 7.24. The summed E-state index contributed by atoms with van der Waals surface area (Å²) in [6.07, 6.45) is 0.425. The van der Waals surface area contributed by atoms with Crippen molar-refractivity contribution >= 4 is 48.2 Å². The van der Waals surface area contributed by atoms with Crippen molar-refractivity contribution in [3.8, 4) is 11.8 Å². The molecule has 8 heterocycles. The molecule has 19 heteroatoms. The van der Waals surface area contributed by atoms with Crippen LogP contribution in [0.4, 0.5) is 11.6 Å². The zero-order valence-corrected chi connectivity index (χ0v) is 35.7. The molecule has 4 aliphatic rings. The number of nitrogens with two attached hydrogens (primary N) is 1. The van der Waals surface area contributed by atoms with Gasteiger partial charge in [-0.05, 0) is 63.9 Å². The first-order valence-electron chi connectivity index (χ1n) is 20.5. The fourth-order valence-electron chi connectivity index (χ4n) is 8.75. The van der Waals surface area contributed by atoms with Gasteiger partial charge in [0, 0.05) is 12.0 Å². The third-order valence-electron chi connectivity index (χ3n) is 11.9. The largest absolute Gasteiger partial charge is 0.414 e. The SMILES string of the molecule is CC[Si](CC)(CC)OC[C@H]1O[C@@H](n2c(C#CC[C@H]3O[C@@H](n4cnc5c(NC(=O)c6ccccc6)ncnc54)[C@@H]4OC(C)(C)O[C@@H]43)nc3c(N)ncnc32)[C@@H]2OC(C)(C)O[C@@H]21. The molecule has 0 radical (unpaired) electrons. The molecule has 316 valence electrons. The zero-order valence-electron chi connectivity index (χ0n) is 34.7. The van der Waals surface area contributed by atoms with Crippen molar-refractivity contribution in [1.29, 1.82) is 0 Å². The van der Waals surface area contributed by atoms with Gasteiger partial charge in [0.05, 0.1) is 12.9 Å². The highest BCUT2D eigenvalue weighted by Gasteiger charge is 2.58. The highest BCUT2D eigenvalue weighted by atomic mass is 28.4. The van der Waals surface area contributed by atoms with Crippen LogP contribution in [-0.2, 0) is 32.8 Å². The first kappa shape index (κ1) is 40.5. The number of rotatable bonds is 11. The lowest BCUT2D eigenvalue weighted by Crippen LogP contribution is -2.41. The van der Waals surface area contributed by atoms with Gasteiger partial charge in [-0.25, -0.2) is 29.9 Å². The maximum atomic E-state index is 13.0. The number of benzene rings is 1. The predicted octanol–water partition coefficient (Wildman–Crippen LogP) is 5.10. The summed E-state index contributed by atoms with van der Waals surface area (Å²) in [6.45, 7) is 14.5. The number of hydrogen-bond donors (Lipinski definition) is 2. The van der Waals surface area contributed by atoms with Gasteiger partial charge < -0.3 is 43.9 Å². The van der Waals surface area contributed by atoms with E-state index in [1.807, 2.05) is 38.3 Å². The monoisotopic (exact) mass is 838 g/mol. The first-order valence-corrected chi connectivity index (χ1v) is 23.0. The lowest BCUT2D eigenvalue weighted by Gasteiger charge is -2.31. The van der Waals surface area contributed by atoms with Crippen LogP contribution >= 0.6 is 0 Å². The quantitative estimate of drug-likeness (QED) is 0.131. The summed E-state index contributed by atoms with van der Waals surface area (Å²) < 4.78 is 49.6. The minimum absolute atomic E-state index is 0.215. The van der Waals surface area contributed by atoms with Crippen molar-refractivity contribution in [1.82, 2.24) is 39.0 Å². The summed E-state index contributed by atoms with van der Waals surface area (Å²) in [5.41, 5.74) is 8.56. The van der Waals surface area contributed by atoms with E-state index >= 15 is 0 Å².